The standard InChI is InChI=1S/C10H11BrO2/c1-7-2-3-9(12)4-8(7)5-10(13)6-11/h2-4,12H,5-6H2,1H3. The molecule has 1 N–H and O–H groups in total. The highest BCUT2D eigenvalue weighted by Crippen LogP contribution is 2.16. The molecule has 0 spiro atoms. The third-order valence-electron chi connectivity index (χ3n) is 1.87. The van der Waals surface area contributed by atoms with Crippen LogP contribution in [-0.2, 0) is 11.2 Å². The van der Waals surface area contributed by atoms with Crippen molar-refractivity contribution in [2.45, 2.75) is 13.3 Å². The van der Waals surface area contributed by atoms with Crippen LogP contribution in [0.4, 0.5) is 0 Å². The first-order valence-corrected chi connectivity index (χ1v) is 5.12. The minimum Gasteiger partial charge on any atom is -0.508 e. The number of Topliss-reactive ketones (excluding diaryl/α,β-unsaturated/α-hetero) is 1. The summed E-state index contributed by atoms with van der Waals surface area (Å²) in [7, 11) is 0. The molecule has 0 aliphatic heterocycles. The topological polar surface area (TPSA) is 37.3 Å². The second kappa shape index (κ2) is 4.42. The average molecular weight is 243 g/mol. The molecule has 0 unspecified atom stereocenters. The summed E-state index contributed by atoms with van der Waals surface area (Å²) in [6, 6.07) is 5.07. The number of halogens is 1. The van der Waals surface area contributed by atoms with Crippen molar-refractivity contribution in [1.82, 2.24) is 0 Å². The number of rotatable bonds is 3. The number of hydrogen-bond donors (Lipinski definition) is 1. The molecule has 70 valence electrons. The summed E-state index contributed by atoms with van der Waals surface area (Å²) >= 11 is 3.10. The summed E-state index contributed by atoms with van der Waals surface area (Å²) in [5, 5.41) is 9.56. The average Bonchev–Trinajstić information content (AvgIpc) is 2.11. The first kappa shape index (κ1) is 10.3. The zero-order valence-electron chi connectivity index (χ0n) is 7.38. The van der Waals surface area contributed by atoms with E-state index in [-0.39, 0.29) is 11.5 Å². The van der Waals surface area contributed by atoms with Crippen molar-refractivity contribution >= 4 is 21.7 Å². The van der Waals surface area contributed by atoms with E-state index in [1.165, 1.54) is 0 Å². The van der Waals surface area contributed by atoms with E-state index in [0.29, 0.717) is 11.8 Å². The van der Waals surface area contributed by atoms with Gasteiger partial charge >= 0.3 is 0 Å². The molecule has 0 aromatic heterocycles. The third kappa shape index (κ3) is 2.84. The molecular formula is C10H11BrO2. The van der Waals surface area contributed by atoms with Gasteiger partial charge in [0.25, 0.3) is 0 Å². The molecule has 1 rings (SSSR count). The summed E-state index contributed by atoms with van der Waals surface area (Å²) in [6.45, 7) is 1.93. The number of aryl methyl sites for hydroxylation is 1. The summed E-state index contributed by atoms with van der Waals surface area (Å²) in [4.78, 5) is 11.1. The molecule has 0 saturated heterocycles. The van der Waals surface area contributed by atoms with E-state index in [1.54, 1.807) is 12.1 Å². The Bertz CT molecular complexity index is 321. The van der Waals surface area contributed by atoms with Crippen LogP contribution in [-0.4, -0.2) is 16.2 Å². The SMILES string of the molecule is Cc1ccc(O)cc1CC(=O)CBr. The lowest BCUT2D eigenvalue weighted by Crippen LogP contribution is -2.04. The molecule has 0 radical (unpaired) electrons. The van der Waals surface area contributed by atoms with Crippen LogP contribution in [0.3, 0.4) is 0 Å². The van der Waals surface area contributed by atoms with Crippen molar-refractivity contribution in [2.75, 3.05) is 5.33 Å². The second-order valence-corrected chi connectivity index (χ2v) is 3.52. The fourth-order valence-electron chi connectivity index (χ4n) is 1.11. The highest BCUT2D eigenvalue weighted by molar-refractivity contribution is 9.09. The van der Waals surface area contributed by atoms with Crippen molar-refractivity contribution in [3.63, 3.8) is 0 Å². The molecule has 1 aromatic carbocycles. The van der Waals surface area contributed by atoms with E-state index in [4.69, 9.17) is 0 Å². The fourth-order valence-corrected chi connectivity index (χ4v) is 1.31. The minimum atomic E-state index is 0.119. The maximum Gasteiger partial charge on any atom is 0.147 e. The van der Waals surface area contributed by atoms with E-state index in [0.717, 1.165) is 11.1 Å². The van der Waals surface area contributed by atoms with E-state index >= 15 is 0 Å². The number of carbonyl (C=O) groups excluding carboxylic acids is 1. The second-order valence-electron chi connectivity index (χ2n) is 2.96. The zero-order valence-corrected chi connectivity index (χ0v) is 8.97. The Hall–Kier alpha value is -0.830. The van der Waals surface area contributed by atoms with Crippen LogP contribution in [0.2, 0.25) is 0 Å². The molecule has 0 amide bonds. The largest absolute Gasteiger partial charge is 0.508 e. The molecule has 0 aliphatic carbocycles. The van der Waals surface area contributed by atoms with Gasteiger partial charge in [0.15, 0.2) is 0 Å². The van der Waals surface area contributed by atoms with Crippen molar-refractivity contribution < 1.29 is 9.90 Å². The number of phenols is 1. The molecule has 0 fully saturated rings. The Morgan fingerprint density at radius 2 is 2.23 bits per heavy atom. The van der Waals surface area contributed by atoms with Gasteiger partial charge in [-0.2, -0.15) is 0 Å². The highest BCUT2D eigenvalue weighted by atomic mass is 79.9. The number of aromatic hydroxyl groups is 1. The van der Waals surface area contributed by atoms with E-state index in [1.807, 2.05) is 13.0 Å². The van der Waals surface area contributed by atoms with Crippen LogP contribution in [0, 0.1) is 6.92 Å². The van der Waals surface area contributed by atoms with E-state index < -0.39 is 0 Å². The van der Waals surface area contributed by atoms with Crippen LogP contribution < -0.4 is 0 Å². The normalized spacial score (nSPS) is 10.0. The summed E-state index contributed by atoms with van der Waals surface area (Å²) in [5.74, 6) is 0.330. The Balaban J connectivity index is 2.87. The van der Waals surface area contributed by atoms with Crippen LogP contribution in [0.1, 0.15) is 11.1 Å². The molecule has 0 bridgehead atoms. The van der Waals surface area contributed by atoms with Gasteiger partial charge in [-0.1, -0.05) is 22.0 Å². The van der Waals surface area contributed by atoms with Crippen LogP contribution in [0.25, 0.3) is 0 Å². The summed E-state index contributed by atoms with van der Waals surface area (Å²) < 4.78 is 0. The molecule has 0 heterocycles. The monoisotopic (exact) mass is 242 g/mol. The fraction of sp³-hybridized carbons (Fsp3) is 0.300. The molecule has 1 aromatic rings. The van der Waals surface area contributed by atoms with Crippen LogP contribution in [0.15, 0.2) is 18.2 Å². The van der Waals surface area contributed by atoms with Gasteiger partial charge in [-0.3, -0.25) is 4.79 Å². The number of carbonyl (C=O) groups is 1. The predicted octanol–water partition coefficient (Wildman–Crippen LogP) is 2.21. The molecule has 2 nitrogen and oxygen atoms in total. The van der Waals surface area contributed by atoms with Crippen molar-refractivity contribution in [3.8, 4) is 5.75 Å². The molecule has 13 heavy (non-hydrogen) atoms. The lowest BCUT2D eigenvalue weighted by molar-refractivity contribution is -0.115. The van der Waals surface area contributed by atoms with Crippen molar-refractivity contribution in [2.24, 2.45) is 0 Å². The van der Waals surface area contributed by atoms with E-state index in [2.05, 4.69) is 15.9 Å². The van der Waals surface area contributed by atoms with Gasteiger partial charge in [-0.05, 0) is 30.2 Å². The van der Waals surface area contributed by atoms with Crippen molar-refractivity contribution in [1.29, 1.82) is 0 Å². The number of phenolic OH excluding ortho intramolecular Hbond substituents is 1. The molecular weight excluding hydrogens is 232 g/mol. The number of alkyl halides is 1. The Kier molecular flexibility index (Phi) is 3.48. The Morgan fingerprint density at radius 1 is 1.54 bits per heavy atom. The first-order valence-electron chi connectivity index (χ1n) is 3.99. The molecule has 0 saturated carbocycles. The lowest BCUT2D eigenvalue weighted by atomic mass is 10.0. The molecule has 0 aliphatic rings. The minimum absolute atomic E-state index is 0.119. The van der Waals surface area contributed by atoms with Gasteiger partial charge in [0, 0.05) is 6.42 Å². The van der Waals surface area contributed by atoms with Gasteiger partial charge in [0.1, 0.15) is 11.5 Å². The number of hydrogen-bond acceptors (Lipinski definition) is 2. The number of ketones is 1. The van der Waals surface area contributed by atoms with Crippen molar-refractivity contribution in [3.05, 3.63) is 29.3 Å². The van der Waals surface area contributed by atoms with E-state index in [9.17, 15) is 9.90 Å². The summed E-state index contributed by atoms with van der Waals surface area (Å²) in [5.41, 5.74) is 1.93. The molecule has 3 heteroatoms. The quantitative estimate of drug-likeness (QED) is 0.826. The van der Waals surface area contributed by atoms with Gasteiger partial charge in [-0.25, -0.2) is 0 Å². The maximum atomic E-state index is 11.1. The summed E-state index contributed by atoms with van der Waals surface area (Å²) in [6.07, 6.45) is 0.380. The Labute approximate surface area is 85.7 Å². The highest BCUT2D eigenvalue weighted by Gasteiger charge is 2.05. The molecule has 0 atom stereocenters. The maximum absolute atomic E-state index is 11.1. The first-order chi connectivity index (χ1) is 6.13. The zero-order chi connectivity index (χ0) is 9.84. The van der Waals surface area contributed by atoms with Gasteiger partial charge in [0.2, 0.25) is 0 Å². The van der Waals surface area contributed by atoms with Gasteiger partial charge in [-0.15, -0.1) is 0 Å². The number of benzene rings is 1. The smallest absolute Gasteiger partial charge is 0.147 e. The lowest BCUT2D eigenvalue weighted by Gasteiger charge is -2.04. The predicted molar refractivity (Wildman–Crippen MR) is 55.3 cm³/mol. The van der Waals surface area contributed by atoms with Crippen LogP contribution in [0.5, 0.6) is 5.75 Å². The van der Waals surface area contributed by atoms with Crippen LogP contribution >= 0.6 is 15.9 Å². The Morgan fingerprint density at radius 3 is 2.85 bits per heavy atom. The van der Waals surface area contributed by atoms with Gasteiger partial charge in [0.05, 0.1) is 5.33 Å². The third-order valence-corrected chi connectivity index (χ3v) is 2.49. The van der Waals surface area contributed by atoms with Gasteiger partial charge < -0.3 is 5.11 Å².